The maximum absolute atomic E-state index is 12.0. The van der Waals surface area contributed by atoms with Crippen LogP contribution in [0.1, 0.15) is 17.9 Å². The highest BCUT2D eigenvalue weighted by atomic mass is 35.5. The first-order chi connectivity index (χ1) is 7.54. The lowest BCUT2D eigenvalue weighted by molar-refractivity contribution is -0.274. The normalized spacial score (nSPS) is 19.8. The molecular formula is C11H13ClF3NO. The van der Waals surface area contributed by atoms with Gasteiger partial charge in [-0.2, -0.15) is 0 Å². The van der Waals surface area contributed by atoms with Crippen molar-refractivity contribution < 1.29 is 17.9 Å². The molecule has 1 aliphatic rings. The van der Waals surface area contributed by atoms with Gasteiger partial charge in [-0.25, -0.2) is 0 Å². The largest absolute Gasteiger partial charge is 0.573 e. The fourth-order valence-corrected chi connectivity index (χ4v) is 1.90. The monoisotopic (exact) mass is 267 g/mol. The second-order valence-corrected chi connectivity index (χ2v) is 3.81. The SMILES string of the molecule is Cl.FC(F)(F)Oc1cccc(C2CCNC2)c1. The molecule has 6 heteroatoms. The Morgan fingerprint density at radius 2 is 2.06 bits per heavy atom. The van der Waals surface area contributed by atoms with Crippen molar-refractivity contribution in [2.75, 3.05) is 13.1 Å². The summed E-state index contributed by atoms with van der Waals surface area (Å²) in [6, 6.07) is 6.21. The van der Waals surface area contributed by atoms with E-state index in [0.717, 1.165) is 25.1 Å². The summed E-state index contributed by atoms with van der Waals surface area (Å²) >= 11 is 0. The van der Waals surface area contributed by atoms with Gasteiger partial charge >= 0.3 is 6.36 Å². The molecule has 17 heavy (non-hydrogen) atoms. The van der Waals surface area contributed by atoms with E-state index in [4.69, 9.17) is 0 Å². The number of halogens is 4. The van der Waals surface area contributed by atoms with Gasteiger partial charge in [-0.05, 0) is 36.6 Å². The molecule has 2 nitrogen and oxygen atoms in total. The van der Waals surface area contributed by atoms with Crippen LogP contribution in [0.5, 0.6) is 5.75 Å². The third kappa shape index (κ3) is 4.09. The number of benzene rings is 1. The van der Waals surface area contributed by atoms with Crippen molar-refractivity contribution in [3.63, 3.8) is 0 Å². The standard InChI is InChI=1S/C11H12F3NO.ClH/c12-11(13,14)16-10-3-1-2-8(6-10)9-4-5-15-7-9;/h1-3,6,9,15H,4-5,7H2;1H. The van der Waals surface area contributed by atoms with Crippen LogP contribution in [0.15, 0.2) is 24.3 Å². The number of rotatable bonds is 2. The lowest BCUT2D eigenvalue weighted by atomic mass is 9.98. The van der Waals surface area contributed by atoms with Crippen LogP contribution in [-0.2, 0) is 0 Å². The van der Waals surface area contributed by atoms with Crippen molar-refractivity contribution in [2.24, 2.45) is 0 Å². The van der Waals surface area contributed by atoms with Gasteiger partial charge in [0.25, 0.3) is 0 Å². The van der Waals surface area contributed by atoms with Crippen LogP contribution in [0.25, 0.3) is 0 Å². The van der Waals surface area contributed by atoms with Gasteiger partial charge in [0.2, 0.25) is 0 Å². The highest BCUT2D eigenvalue weighted by Gasteiger charge is 2.31. The third-order valence-electron chi connectivity index (χ3n) is 2.62. The molecule has 0 saturated carbocycles. The van der Waals surface area contributed by atoms with Crippen LogP contribution in [-0.4, -0.2) is 19.5 Å². The first kappa shape index (κ1) is 14.1. The fraction of sp³-hybridized carbons (Fsp3) is 0.455. The van der Waals surface area contributed by atoms with Gasteiger partial charge in [-0.3, -0.25) is 0 Å². The zero-order valence-corrected chi connectivity index (χ0v) is 9.77. The molecule has 1 heterocycles. The van der Waals surface area contributed by atoms with E-state index >= 15 is 0 Å². The molecule has 0 amide bonds. The van der Waals surface area contributed by atoms with Gasteiger partial charge in [0.15, 0.2) is 0 Å². The van der Waals surface area contributed by atoms with Crippen LogP contribution < -0.4 is 10.1 Å². The maximum Gasteiger partial charge on any atom is 0.573 e. The van der Waals surface area contributed by atoms with Gasteiger partial charge in [0, 0.05) is 6.54 Å². The molecule has 1 aromatic carbocycles. The van der Waals surface area contributed by atoms with Crippen molar-refractivity contribution in [3.05, 3.63) is 29.8 Å². The van der Waals surface area contributed by atoms with Crippen molar-refractivity contribution in [3.8, 4) is 5.75 Å². The minimum absolute atomic E-state index is 0. The Kier molecular flexibility index (Phi) is 4.65. The fourth-order valence-electron chi connectivity index (χ4n) is 1.90. The van der Waals surface area contributed by atoms with Gasteiger partial charge in [-0.15, -0.1) is 25.6 Å². The van der Waals surface area contributed by atoms with Crippen molar-refractivity contribution >= 4 is 12.4 Å². The molecule has 0 aliphatic carbocycles. The molecule has 1 N–H and O–H groups in total. The molecule has 0 radical (unpaired) electrons. The number of hydrogen-bond donors (Lipinski definition) is 1. The topological polar surface area (TPSA) is 21.3 Å². The Labute approximate surface area is 104 Å². The Morgan fingerprint density at radius 1 is 1.29 bits per heavy atom. The molecule has 1 unspecified atom stereocenters. The first-order valence-corrected chi connectivity index (χ1v) is 5.11. The lowest BCUT2D eigenvalue weighted by Crippen LogP contribution is -2.17. The van der Waals surface area contributed by atoms with E-state index in [0.29, 0.717) is 0 Å². The van der Waals surface area contributed by atoms with Crippen molar-refractivity contribution in [1.82, 2.24) is 5.32 Å². The van der Waals surface area contributed by atoms with Gasteiger partial charge < -0.3 is 10.1 Å². The number of alkyl halides is 3. The molecule has 1 saturated heterocycles. The predicted molar refractivity (Wildman–Crippen MR) is 60.6 cm³/mol. The number of hydrogen-bond acceptors (Lipinski definition) is 2. The molecule has 0 aromatic heterocycles. The van der Waals surface area contributed by atoms with E-state index < -0.39 is 6.36 Å². The summed E-state index contributed by atoms with van der Waals surface area (Å²) in [5.41, 5.74) is 0.895. The van der Waals surface area contributed by atoms with E-state index in [1.807, 2.05) is 6.07 Å². The van der Waals surface area contributed by atoms with Gasteiger partial charge in [0.1, 0.15) is 5.75 Å². The van der Waals surface area contributed by atoms with Crippen LogP contribution in [0.2, 0.25) is 0 Å². The Bertz CT molecular complexity index is 364. The maximum atomic E-state index is 12.0. The molecule has 1 aromatic rings. The highest BCUT2D eigenvalue weighted by molar-refractivity contribution is 5.85. The zero-order chi connectivity index (χ0) is 11.6. The average Bonchev–Trinajstić information content (AvgIpc) is 2.68. The van der Waals surface area contributed by atoms with Gasteiger partial charge in [0.05, 0.1) is 0 Å². The Morgan fingerprint density at radius 3 is 2.65 bits per heavy atom. The summed E-state index contributed by atoms with van der Waals surface area (Å²) in [6.07, 6.45) is -3.66. The summed E-state index contributed by atoms with van der Waals surface area (Å²) < 4.78 is 39.9. The first-order valence-electron chi connectivity index (χ1n) is 5.11. The van der Waals surface area contributed by atoms with Crippen LogP contribution >= 0.6 is 12.4 Å². The minimum atomic E-state index is -4.62. The van der Waals surface area contributed by atoms with Gasteiger partial charge in [-0.1, -0.05) is 12.1 Å². The van der Waals surface area contributed by atoms with E-state index in [1.54, 1.807) is 6.07 Å². The molecule has 2 rings (SSSR count). The molecule has 1 atom stereocenters. The molecule has 1 fully saturated rings. The van der Waals surface area contributed by atoms with Crippen LogP contribution in [0, 0.1) is 0 Å². The summed E-state index contributed by atoms with van der Waals surface area (Å²) in [5, 5.41) is 3.18. The van der Waals surface area contributed by atoms with E-state index in [-0.39, 0.29) is 24.1 Å². The molecule has 1 aliphatic heterocycles. The van der Waals surface area contributed by atoms with E-state index in [2.05, 4.69) is 10.1 Å². The van der Waals surface area contributed by atoms with E-state index in [9.17, 15) is 13.2 Å². The minimum Gasteiger partial charge on any atom is -0.406 e. The Hall–Kier alpha value is -0.940. The second-order valence-electron chi connectivity index (χ2n) is 3.81. The molecular weight excluding hydrogens is 255 g/mol. The van der Waals surface area contributed by atoms with E-state index in [1.165, 1.54) is 12.1 Å². The van der Waals surface area contributed by atoms with Crippen molar-refractivity contribution in [1.29, 1.82) is 0 Å². The number of nitrogens with one attached hydrogen (secondary N) is 1. The average molecular weight is 268 g/mol. The second kappa shape index (κ2) is 5.60. The smallest absolute Gasteiger partial charge is 0.406 e. The quantitative estimate of drug-likeness (QED) is 0.889. The molecule has 96 valence electrons. The van der Waals surface area contributed by atoms with Crippen LogP contribution in [0.4, 0.5) is 13.2 Å². The molecule has 0 spiro atoms. The summed E-state index contributed by atoms with van der Waals surface area (Å²) in [4.78, 5) is 0. The predicted octanol–water partition coefficient (Wildman–Crippen LogP) is 3.08. The zero-order valence-electron chi connectivity index (χ0n) is 8.96. The summed E-state index contributed by atoms with van der Waals surface area (Å²) in [6.45, 7) is 1.73. The summed E-state index contributed by atoms with van der Waals surface area (Å²) in [5.74, 6) is 0.147. The van der Waals surface area contributed by atoms with Crippen molar-refractivity contribution in [2.45, 2.75) is 18.7 Å². The number of ether oxygens (including phenoxy) is 1. The highest BCUT2D eigenvalue weighted by Crippen LogP contribution is 2.28. The Balaban J connectivity index is 0.00000144. The lowest BCUT2D eigenvalue weighted by Gasteiger charge is -2.12. The summed E-state index contributed by atoms with van der Waals surface area (Å²) in [7, 11) is 0. The third-order valence-corrected chi connectivity index (χ3v) is 2.62. The van der Waals surface area contributed by atoms with Crippen LogP contribution in [0.3, 0.4) is 0 Å². The molecule has 0 bridgehead atoms.